The quantitative estimate of drug-likeness (QED) is 0.860. The van der Waals surface area contributed by atoms with E-state index in [1.807, 2.05) is 0 Å². The maximum atomic E-state index is 11.4. The molecule has 0 spiro atoms. The summed E-state index contributed by atoms with van der Waals surface area (Å²) in [7, 11) is 4.21. The van der Waals surface area contributed by atoms with Gasteiger partial charge < -0.3 is 19.3 Å². The fraction of sp³-hybridized carbons (Fsp3) is 0.417. The minimum atomic E-state index is -1.36. The Morgan fingerprint density at radius 1 is 1.33 bits per heavy atom. The number of aliphatic hydroxyl groups excluding tert-OH is 1. The molecule has 0 saturated heterocycles. The molecule has 0 aliphatic heterocycles. The van der Waals surface area contributed by atoms with Gasteiger partial charge in [0.05, 0.1) is 25.8 Å². The van der Waals surface area contributed by atoms with Crippen LogP contribution in [0.15, 0.2) is 10.5 Å². The van der Waals surface area contributed by atoms with E-state index in [2.05, 4.69) is 20.7 Å². The predicted molar refractivity (Wildman–Crippen MR) is 69.0 cm³/mol. The van der Waals surface area contributed by atoms with Crippen LogP contribution in [0.5, 0.6) is 11.5 Å². The van der Waals surface area contributed by atoms with E-state index >= 15 is 0 Å². The van der Waals surface area contributed by atoms with Crippen LogP contribution in [-0.2, 0) is 9.53 Å². The molecule has 18 heavy (non-hydrogen) atoms. The zero-order valence-corrected chi connectivity index (χ0v) is 12.2. The first kappa shape index (κ1) is 14.8. The van der Waals surface area contributed by atoms with Gasteiger partial charge >= 0.3 is 5.97 Å². The Hall–Kier alpha value is -1.27. The molecule has 0 radical (unpaired) electrons. The molecule has 1 aromatic rings. The van der Waals surface area contributed by atoms with Gasteiger partial charge in [0.25, 0.3) is 0 Å². The smallest absolute Gasteiger partial charge is 0.339 e. The number of benzene rings is 1. The van der Waals surface area contributed by atoms with E-state index < -0.39 is 12.1 Å². The molecule has 5 nitrogen and oxygen atoms in total. The normalized spacial score (nSPS) is 11.9. The first-order valence-corrected chi connectivity index (χ1v) is 5.94. The number of ether oxygens (including phenoxy) is 3. The Balaban J connectivity index is 3.38. The summed E-state index contributed by atoms with van der Waals surface area (Å²) in [5, 5.41) is 9.89. The number of esters is 1. The highest BCUT2D eigenvalue weighted by atomic mass is 79.9. The van der Waals surface area contributed by atoms with Crippen LogP contribution in [0.1, 0.15) is 17.2 Å². The molecule has 1 unspecified atom stereocenters. The molecule has 1 N–H and O–H groups in total. The maximum absolute atomic E-state index is 11.4. The van der Waals surface area contributed by atoms with Crippen molar-refractivity contribution >= 4 is 21.9 Å². The lowest BCUT2D eigenvalue weighted by Gasteiger charge is -2.17. The van der Waals surface area contributed by atoms with Gasteiger partial charge in [-0.15, -0.1) is 0 Å². The fourth-order valence-corrected chi connectivity index (χ4v) is 2.17. The van der Waals surface area contributed by atoms with Gasteiger partial charge in [-0.3, -0.25) is 0 Å². The van der Waals surface area contributed by atoms with Crippen LogP contribution in [-0.4, -0.2) is 32.4 Å². The number of methoxy groups -OCH3 is 3. The number of hydrogen-bond acceptors (Lipinski definition) is 5. The summed E-state index contributed by atoms with van der Waals surface area (Å²) in [6.45, 7) is 1.76. The van der Waals surface area contributed by atoms with Crippen LogP contribution < -0.4 is 9.47 Å². The van der Waals surface area contributed by atoms with Crippen molar-refractivity contribution in [1.82, 2.24) is 0 Å². The topological polar surface area (TPSA) is 65.0 Å². The van der Waals surface area contributed by atoms with Crippen molar-refractivity contribution in [3.63, 3.8) is 0 Å². The van der Waals surface area contributed by atoms with Gasteiger partial charge in [-0.1, -0.05) is 0 Å². The summed E-state index contributed by atoms with van der Waals surface area (Å²) >= 11 is 3.35. The summed E-state index contributed by atoms with van der Waals surface area (Å²) in [5.74, 6) is 0.209. The molecular formula is C12H15BrO5. The van der Waals surface area contributed by atoms with Crippen LogP contribution in [0.25, 0.3) is 0 Å². The minimum absolute atomic E-state index is 0.409. The molecule has 0 amide bonds. The van der Waals surface area contributed by atoms with Crippen LogP contribution in [0.2, 0.25) is 0 Å². The zero-order chi connectivity index (χ0) is 13.9. The Bertz CT molecular complexity index is 458. The first-order valence-electron chi connectivity index (χ1n) is 5.14. The summed E-state index contributed by atoms with van der Waals surface area (Å²) in [4.78, 5) is 11.4. The number of aliphatic hydroxyl groups is 1. The first-order chi connectivity index (χ1) is 8.47. The number of hydrogen-bond donors (Lipinski definition) is 1. The average molecular weight is 319 g/mol. The van der Waals surface area contributed by atoms with Crippen molar-refractivity contribution in [2.24, 2.45) is 0 Å². The molecule has 0 fully saturated rings. The van der Waals surface area contributed by atoms with Gasteiger partial charge in [0.15, 0.2) is 17.6 Å². The van der Waals surface area contributed by atoms with E-state index in [0.29, 0.717) is 27.1 Å². The third kappa shape index (κ3) is 2.59. The third-order valence-electron chi connectivity index (χ3n) is 2.62. The highest BCUT2D eigenvalue weighted by molar-refractivity contribution is 9.10. The van der Waals surface area contributed by atoms with E-state index in [1.165, 1.54) is 21.3 Å². The lowest BCUT2D eigenvalue weighted by atomic mass is 10.0. The summed E-state index contributed by atoms with van der Waals surface area (Å²) < 4.78 is 15.5. The van der Waals surface area contributed by atoms with Gasteiger partial charge in [0.2, 0.25) is 0 Å². The van der Waals surface area contributed by atoms with Gasteiger partial charge in [-0.05, 0) is 40.0 Å². The second-order valence-electron chi connectivity index (χ2n) is 3.57. The molecule has 6 heteroatoms. The van der Waals surface area contributed by atoms with Crippen molar-refractivity contribution in [1.29, 1.82) is 0 Å². The second-order valence-corrected chi connectivity index (χ2v) is 4.36. The Kier molecular flexibility index (Phi) is 4.98. The lowest BCUT2D eigenvalue weighted by molar-refractivity contribution is -0.150. The van der Waals surface area contributed by atoms with Crippen molar-refractivity contribution in [3.05, 3.63) is 21.7 Å². The average Bonchev–Trinajstić information content (AvgIpc) is 2.39. The van der Waals surface area contributed by atoms with Gasteiger partial charge in [-0.2, -0.15) is 0 Å². The Morgan fingerprint density at radius 2 is 1.94 bits per heavy atom. The van der Waals surface area contributed by atoms with Crippen LogP contribution in [0.4, 0.5) is 0 Å². The minimum Gasteiger partial charge on any atom is -0.493 e. The van der Waals surface area contributed by atoms with Crippen molar-refractivity contribution in [3.8, 4) is 11.5 Å². The zero-order valence-electron chi connectivity index (χ0n) is 10.6. The molecular weight excluding hydrogens is 304 g/mol. The van der Waals surface area contributed by atoms with E-state index in [0.717, 1.165) is 0 Å². The molecule has 1 atom stereocenters. The molecule has 0 saturated carbocycles. The van der Waals surface area contributed by atoms with Crippen molar-refractivity contribution in [2.75, 3.05) is 21.3 Å². The molecule has 0 bridgehead atoms. The molecule has 0 heterocycles. The summed E-state index contributed by atoms with van der Waals surface area (Å²) in [6, 6.07) is 1.56. The summed E-state index contributed by atoms with van der Waals surface area (Å²) in [5.41, 5.74) is 1.09. The molecule has 100 valence electrons. The standard InChI is InChI=1S/C12H15BrO5/c1-6-7(10(14)12(15)18-4)5-8(16-2)11(17-3)9(6)13/h5,10,14H,1-4H3. The third-order valence-corrected chi connectivity index (χ3v) is 3.57. The summed E-state index contributed by atoms with van der Waals surface area (Å²) in [6.07, 6.45) is -1.36. The monoisotopic (exact) mass is 318 g/mol. The van der Waals surface area contributed by atoms with E-state index in [1.54, 1.807) is 13.0 Å². The van der Waals surface area contributed by atoms with Crippen LogP contribution in [0.3, 0.4) is 0 Å². The molecule has 0 aromatic heterocycles. The Labute approximate surface area is 114 Å². The second kappa shape index (κ2) is 6.06. The Morgan fingerprint density at radius 3 is 2.39 bits per heavy atom. The SMILES string of the molecule is COC(=O)C(O)c1cc(OC)c(OC)c(Br)c1C. The highest BCUT2D eigenvalue weighted by Gasteiger charge is 2.24. The number of rotatable bonds is 4. The number of halogens is 1. The van der Waals surface area contributed by atoms with Gasteiger partial charge in [-0.25, -0.2) is 4.79 Å². The van der Waals surface area contributed by atoms with Gasteiger partial charge in [0, 0.05) is 0 Å². The van der Waals surface area contributed by atoms with E-state index in [9.17, 15) is 9.90 Å². The predicted octanol–water partition coefficient (Wildman–Crippen LogP) is 1.98. The number of carbonyl (C=O) groups excluding carboxylic acids is 1. The van der Waals surface area contributed by atoms with E-state index in [-0.39, 0.29) is 0 Å². The number of carbonyl (C=O) groups is 1. The van der Waals surface area contributed by atoms with E-state index in [4.69, 9.17) is 9.47 Å². The maximum Gasteiger partial charge on any atom is 0.339 e. The van der Waals surface area contributed by atoms with Crippen molar-refractivity contribution in [2.45, 2.75) is 13.0 Å². The lowest BCUT2D eigenvalue weighted by Crippen LogP contribution is -2.15. The molecule has 1 rings (SSSR count). The van der Waals surface area contributed by atoms with Gasteiger partial charge in [0.1, 0.15) is 0 Å². The van der Waals surface area contributed by atoms with Crippen LogP contribution in [0, 0.1) is 6.92 Å². The molecule has 0 aliphatic rings. The largest absolute Gasteiger partial charge is 0.493 e. The molecule has 1 aromatic carbocycles. The fourth-order valence-electron chi connectivity index (χ4n) is 1.58. The highest BCUT2D eigenvalue weighted by Crippen LogP contribution is 2.41. The van der Waals surface area contributed by atoms with Crippen molar-refractivity contribution < 1.29 is 24.1 Å². The van der Waals surface area contributed by atoms with Crippen LogP contribution >= 0.6 is 15.9 Å². The molecule has 0 aliphatic carbocycles.